The predicted molar refractivity (Wildman–Crippen MR) is 151 cm³/mol. The van der Waals surface area contributed by atoms with Crippen molar-refractivity contribution in [3.8, 4) is 6.07 Å². The minimum atomic E-state index is -3.92. The molecule has 0 saturated heterocycles. The summed E-state index contributed by atoms with van der Waals surface area (Å²) in [6, 6.07) is 25.0. The molecular weight excluding hydrogens is 557 g/mol. The van der Waals surface area contributed by atoms with Crippen molar-refractivity contribution in [2.75, 3.05) is 5.32 Å². The maximum absolute atomic E-state index is 13.6. The molecule has 1 amide bonds. The number of sulfonamides is 1. The van der Waals surface area contributed by atoms with E-state index < -0.39 is 15.9 Å². The van der Waals surface area contributed by atoms with Gasteiger partial charge in [0.15, 0.2) is 0 Å². The highest BCUT2D eigenvalue weighted by Crippen LogP contribution is 2.24. The van der Waals surface area contributed by atoms with Crippen LogP contribution in [0.3, 0.4) is 0 Å². The third-order valence-corrected chi connectivity index (χ3v) is 8.01. The van der Waals surface area contributed by atoms with E-state index in [-0.39, 0.29) is 29.3 Å². The van der Waals surface area contributed by atoms with E-state index in [2.05, 4.69) is 5.32 Å². The fourth-order valence-electron chi connectivity index (χ4n) is 3.63. The highest BCUT2D eigenvalue weighted by atomic mass is 35.5. The molecule has 7 nitrogen and oxygen atoms in total. The van der Waals surface area contributed by atoms with Gasteiger partial charge in [-0.15, -0.1) is 0 Å². The Hall–Kier alpha value is -3.87. The number of hydrogen-bond donors (Lipinski definition) is 1. The van der Waals surface area contributed by atoms with Crippen molar-refractivity contribution in [1.29, 1.82) is 5.26 Å². The maximum Gasteiger partial charge on any atom is 0.266 e. The number of halogens is 2. The molecule has 0 radical (unpaired) electrons. The molecule has 1 N–H and O–H groups in total. The first kappa shape index (κ1) is 28.1. The lowest BCUT2D eigenvalue weighted by molar-refractivity contribution is -0.112. The zero-order chi connectivity index (χ0) is 28.0. The Morgan fingerprint density at radius 2 is 1.54 bits per heavy atom. The molecule has 4 rings (SSSR count). The summed E-state index contributed by atoms with van der Waals surface area (Å²) in [5, 5.41) is 13.1. The largest absolute Gasteiger partial charge is 0.460 e. The van der Waals surface area contributed by atoms with Crippen LogP contribution in [0.25, 0.3) is 6.08 Å². The second kappa shape index (κ2) is 12.3. The van der Waals surface area contributed by atoms with E-state index in [4.69, 9.17) is 27.6 Å². The third-order valence-electron chi connectivity index (χ3n) is 5.70. The number of nitrogens with one attached hydrogen (secondary N) is 1. The highest BCUT2D eigenvalue weighted by Gasteiger charge is 2.26. The van der Waals surface area contributed by atoms with Gasteiger partial charge in [-0.2, -0.15) is 9.57 Å². The van der Waals surface area contributed by atoms with E-state index in [0.29, 0.717) is 21.5 Å². The van der Waals surface area contributed by atoms with Crippen molar-refractivity contribution in [2.45, 2.75) is 24.9 Å². The van der Waals surface area contributed by atoms with E-state index in [1.165, 1.54) is 34.6 Å². The van der Waals surface area contributed by atoms with Gasteiger partial charge in [-0.25, -0.2) is 8.42 Å². The summed E-state index contributed by atoms with van der Waals surface area (Å²) in [7, 11) is -3.92. The Bertz CT molecular complexity index is 1640. The number of benzene rings is 3. The number of anilines is 1. The minimum absolute atomic E-state index is 0.0778. The van der Waals surface area contributed by atoms with E-state index in [9.17, 15) is 18.5 Å². The number of furan rings is 1. The molecule has 39 heavy (non-hydrogen) atoms. The first-order valence-corrected chi connectivity index (χ1v) is 13.9. The third kappa shape index (κ3) is 7.37. The van der Waals surface area contributed by atoms with Crippen LogP contribution >= 0.6 is 23.2 Å². The number of amides is 1. The molecule has 0 aliphatic heterocycles. The van der Waals surface area contributed by atoms with Crippen molar-refractivity contribution < 1.29 is 17.6 Å². The standard InChI is InChI=1S/C29H23Cl2N3O4S/c1-20-2-4-21(5-3-20)18-34(39(36,37)28-14-8-24(31)9-15-28)19-27-13-12-26(38-27)16-22(17-32)29(35)33-25-10-6-23(30)7-11-25/h2-16H,18-19H2,1H3,(H,33,35)/b22-16-. The van der Waals surface area contributed by atoms with Gasteiger partial charge < -0.3 is 9.73 Å². The number of carbonyl (C=O) groups excluding carboxylic acids is 1. The summed E-state index contributed by atoms with van der Waals surface area (Å²) >= 11 is 11.8. The lowest BCUT2D eigenvalue weighted by atomic mass is 10.1. The monoisotopic (exact) mass is 579 g/mol. The number of nitriles is 1. The maximum atomic E-state index is 13.6. The number of rotatable bonds is 9. The molecule has 1 heterocycles. The van der Waals surface area contributed by atoms with Crippen molar-refractivity contribution >= 4 is 50.9 Å². The first-order chi connectivity index (χ1) is 18.6. The van der Waals surface area contributed by atoms with E-state index in [1.807, 2.05) is 37.3 Å². The molecule has 0 bridgehead atoms. The molecule has 0 spiro atoms. The molecule has 4 aromatic rings. The van der Waals surface area contributed by atoms with Crippen LogP contribution < -0.4 is 5.32 Å². The molecule has 0 unspecified atom stereocenters. The smallest absolute Gasteiger partial charge is 0.266 e. The van der Waals surface area contributed by atoms with Crippen LogP contribution in [0.5, 0.6) is 0 Å². The summed E-state index contributed by atoms with van der Waals surface area (Å²) in [5.41, 5.74) is 2.15. The summed E-state index contributed by atoms with van der Waals surface area (Å²) in [5.74, 6) is -0.0580. The Morgan fingerprint density at radius 1 is 0.923 bits per heavy atom. The summed E-state index contributed by atoms with van der Waals surface area (Å²) < 4.78 is 34.2. The van der Waals surface area contributed by atoms with Crippen molar-refractivity contribution in [1.82, 2.24) is 4.31 Å². The second-order valence-electron chi connectivity index (χ2n) is 8.65. The quantitative estimate of drug-likeness (QED) is 0.173. The summed E-state index contributed by atoms with van der Waals surface area (Å²) in [4.78, 5) is 12.7. The SMILES string of the molecule is Cc1ccc(CN(Cc2ccc(/C=C(/C#N)C(=O)Nc3ccc(Cl)cc3)o2)S(=O)(=O)c2ccc(Cl)cc2)cc1. The van der Waals surface area contributed by atoms with Crippen LogP contribution in [-0.4, -0.2) is 18.6 Å². The summed E-state index contributed by atoms with van der Waals surface area (Å²) in [6.07, 6.45) is 1.30. The lowest BCUT2D eigenvalue weighted by Gasteiger charge is -2.21. The Kier molecular flexibility index (Phi) is 8.90. The fraction of sp³-hybridized carbons (Fsp3) is 0.103. The zero-order valence-corrected chi connectivity index (χ0v) is 23.1. The molecule has 1 aromatic heterocycles. The van der Waals surface area contributed by atoms with Gasteiger partial charge in [0.05, 0.1) is 11.4 Å². The number of aryl methyl sites for hydroxylation is 1. The van der Waals surface area contributed by atoms with Gasteiger partial charge in [0.2, 0.25) is 10.0 Å². The van der Waals surface area contributed by atoms with Gasteiger partial charge in [-0.05, 0) is 73.2 Å². The fourth-order valence-corrected chi connectivity index (χ4v) is 5.28. The topological polar surface area (TPSA) is 103 Å². The zero-order valence-electron chi connectivity index (χ0n) is 20.8. The number of hydrogen-bond acceptors (Lipinski definition) is 5. The van der Waals surface area contributed by atoms with Gasteiger partial charge in [-0.1, -0.05) is 53.0 Å². The van der Waals surface area contributed by atoms with Crippen LogP contribution in [0.15, 0.2) is 99.8 Å². The van der Waals surface area contributed by atoms with Crippen molar-refractivity contribution in [2.24, 2.45) is 0 Å². The predicted octanol–water partition coefficient (Wildman–Crippen LogP) is 6.83. The number of nitrogens with zero attached hydrogens (tertiary/aromatic N) is 2. The van der Waals surface area contributed by atoms with Crippen molar-refractivity contribution in [3.05, 3.63) is 123 Å². The van der Waals surface area contributed by atoms with Crippen LogP contribution in [0.2, 0.25) is 10.0 Å². The minimum Gasteiger partial charge on any atom is -0.460 e. The average molecular weight is 580 g/mol. The average Bonchev–Trinajstić information content (AvgIpc) is 3.36. The molecule has 0 aliphatic rings. The molecule has 10 heteroatoms. The molecule has 0 atom stereocenters. The van der Waals surface area contributed by atoms with Crippen molar-refractivity contribution in [3.63, 3.8) is 0 Å². The van der Waals surface area contributed by atoms with Crippen LogP contribution in [0.1, 0.15) is 22.6 Å². The van der Waals surface area contributed by atoms with Gasteiger partial charge in [0.1, 0.15) is 23.2 Å². The second-order valence-corrected chi connectivity index (χ2v) is 11.5. The molecule has 3 aromatic carbocycles. The molecule has 198 valence electrons. The van der Waals surface area contributed by atoms with Gasteiger partial charge in [0.25, 0.3) is 5.91 Å². The van der Waals surface area contributed by atoms with Gasteiger partial charge in [0, 0.05) is 28.4 Å². The molecule has 0 fully saturated rings. The normalized spacial score (nSPS) is 11.8. The van der Waals surface area contributed by atoms with Crippen LogP contribution in [0, 0.1) is 18.3 Å². The van der Waals surface area contributed by atoms with Crippen LogP contribution in [-0.2, 0) is 27.9 Å². The molecular formula is C29H23Cl2N3O4S. The first-order valence-electron chi connectivity index (χ1n) is 11.7. The van der Waals surface area contributed by atoms with E-state index in [1.54, 1.807) is 36.4 Å². The summed E-state index contributed by atoms with van der Waals surface area (Å²) in [6.45, 7) is 1.98. The van der Waals surface area contributed by atoms with E-state index in [0.717, 1.165) is 11.1 Å². The molecule has 0 aliphatic carbocycles. The Labute approximate surface area is 236 Å². The Morgan fingerprint density at radius 3 is 2.15 bits per heavy atom. The highest BCUT2D eigenvalue weighted by molar-refractivity contribution is 7.89. The lowest BCUT2D eigenvalue weighted by Crippen LogP contribution is -2.30. The van der Waals surface area contributed by atoms with E-state index >= 15 is 0 Å². The van der Waals surface area contributed by atoms with Crippen LogP contribution in [0.4, 0.5) is 5.69 Å². The van der Waals surface area contributed by atoms with Gasteiger partial charge in [-0.3, -0.25) is 4.79 Å². The molecule has 0 saturated carbocycles. The Balaban J connectivity index is 1.57. The number of carbonyl (C=O) groups is 1. The van der Waals surface area contributed by atoms with Gasteiger partial charge >= 0.3 is 0 Å².